The predicted molar refractivity (Wildman–Crippen MR) is 89.8 cm³/mol. The summed E-state index contributed by atoms with van der Waals surface area (Å²) in [6, 6.07) is 11.9. The summed E-state index contributed by atoms with van der Waals surface area (Å²) in [4.78, 5) is 12.4. The number of aliphatic hydroxyl groups is 1. The number of benzene rings is 1. The van der Waals surface area contributed by atoms with Crippen LogP contribution in [0.5, 0.6) is 0 Å². The Bertz CT molecular complexity index is 814. The van der Waals surface area contributed by atoms with Gasteiger partial charge in [0, 0.05) is 18.8 Å². The number of anilines is 1. The molecule has 2 aromatic rings. The maximum Gasteiger partial charge on any atom is 0.275 e. The zero-order chi connectivity index (χ0) is 16.9. The number of aliphatic hydroxyl groups excluding tert-OH is 1. The molecule has 0 spiro atoms. The molecule has 0 aliphatic carbocycles. The van der Waals surface area contributed by atoms with Crippen molar-refractivity contribution in [3.05, 3.63) is 64.1 Å². The standard InChI is InChI=1S/C16H20N2O4S/c1-13-8-9-15(16(20)18(13)10-5-11-19)17-23(21,22)12-14-6-3-2-4-7-14/h2-4,6-9,17,19H,5,10-12H2,1H3. The van der Waals surface area contributed by atoms with Crippen LogP contribution in [0, 0.1) is 6.92 Å². The maximum absolute atomic E-state index is 12.4. The van der Waals surface area contributed by atoms with Crippen LogP contribution in [0.25, 0.3) is 0 Å². The summed E-state index contributed by atoms with van der Waals surface area (Å²) in [5, 5.41) is 8.90. The van der Waals surface area contributed by atoms with Gasteiger partial charge in [-0.3, -0.25) is 9.52 Å². The Morgan fingerprint density at radius 3 is 2.48 bits per heavy atom. The van der Waals surface area contributed by atoms with Crippen molar-refractivity contribution in [1.82, 2.24) is 4.57 Å². The molecule has 6 nitrogen and oxygen atoms in total. The number of sulfonamides is 1. The van der Waals surface area contributed by atoms with E-state index in [-0.39, 0.29) is 18.0 Å². The molecule has 7 heteroatoms. The van der Waals surface area contributed by atoms with Crippen LogP contribution in [0.1, 0.15) is 17.7 Å². The maximum atomic E-state index is 12.4. The van der Waals surface area contributed by atoms with Crippen LogP contribution in [-0.2, 0) is 22.3 Å². The molecule has 0 bridgehead atoms. The average molecular weight is 336 g/mol. The molecule has 1 aromatic heterocycles. The molecule has 1 heterocycles. The summed E-state index contributed by atoms with van der Waals surface area (Å²) < 4.78 is 28.3. The highest BCUT2D eigenvalue weighted by atomic mass is 32.2. The first kappa shape index (κ1) is 17.2. The van der Waals surface area contributed by atoms with Gasteiger partial charge in [0.25, 0.3) is 5.56 Å². The van der Waals surface area contributed by atoms with Gasteiger partial charge in [-0.2, -0.15) is 0 Å². The molecular formula is C16H20N2O4S. The highest BCUT2D eigenvalue weighted by Crippen LogP contribution is 2.10. The Kier molecular flexibility index (Phi) is 5.57. The predicted octanol–water partition coefficient (Wildman–Crippen LogP) is 1.48. The van der Waals surface area contributed by atoms with Crippen molar-refractivity contribution in [3.63, 3.8) is 0 Å². The van der Waals surface area contributed by atoms with E-state index in [1.165, 1.54) is 10.6 Å². The first-order valence-corrected chi connectivity index (χ1v) is 8.94. The van der Waals surface area contributed by atoms with Crippen LogP contribution in [0.15, 0.2) is 47.3 Å². The Morgan fingerprint density at radius 1 is 1.13 bits per heavy atom. The molecule has 0 saturated heterocycles. The van der Waals surface area contributed by atoms with Crippen LogP contribution in [0.3, 0.4) is 0 Å². The van der Waals surface area contributed by atoms with Crippen molar-refractivity contribution in [1.29, 1.82) is 0 Å². The van der Waals surface area contributed by atoms with Crippen molar-refractivity contribution in [2.45, 2.75) is 25.6 Å². The molecule has 1 aromatic carbocycles. The molecule has 0 aliphatic heterocycles. The fourth-order valence-corrected chi connectivity index (χ4v) is 3.45. The molecule has 0 aliphatic rings. The van der Waals surface area contributed by atoms with Crippen LogP contribution in [-0.4, -0.2) is 24.7 Å². The molecule has 0 unspecified atom stereocenters. The Labute approximate surface area is 135 Å². The van der Waals surface area contributed by atoms with E-state index in [1.807, 2.05) is 6.07 Å². The fraction of sp³-hybridized carbons (Fsp3) is 0.312. The zero-order valence-electron chi connectivity index (χ0n) is 12.9. The van der Waals surface area contributed by atoms with Crippen molar-refractivity contribution < 1.29 is 13.5 Å². The first-order valence-electron chi connectivity index (χ1n) is 7.28. The van der Waals surface area contributed by atoms with Gasteiger partial charge in [0.2, 0.25) is 10.0 Å². The van der Waals surface area contributed by atoms with E-state index >= 15 is 0 Å². The summed E-state index contributed by atoms with van der Waals surface area (Å²) in [5.74, 6) is -0.197. The molecule has 0 fully saturated rings. The van der Waals surface area contributed by atoms with Gasteiger partial charge in [0.1, 0.15) is 5.69 Å². The van der Waals surface area contributed by atoms with E-state index in [0.717, 1.165) is 5.69 Å². The molecule has 23 heavy (non-hydrogen) atoms. The summed E-state index contributed by atoms with van der Waals surface area (Å²) in [7, 11) is -3.67. The van der Waals surface area contributed by atoms with Crippen LogP contribution in [0.4, 0.5) is 5.69 Å². The van der Waals surface area contributed by atoms with E-state index in [9.17, 15) is 13.2 Å². The minimum atomic E-state index is -3.67. The molecule has 0 radical (unpaired) electrons. The Balaban J connectivity index is 2.24. The minimum Gasteiger partial charge on any atom is -0.396 e. The van der Waals surface area contributed by atoms with Gasteiger partial charge in [-0.1, -0.05) is 30.3 Å². The lowest BCUT2D eigenvalue weighted by Crippen LogP contribution is -2.28. The van der Waals surface area contributed by atoms with Gasteiger partial charge < -0.3 is 9.67 Å². The molecular weight excluding hydrogens is 316 g/mol. The molecule has 2 N–H and O–H groups in total. The van der Waals surface area contributed by atoms with Crippen molar-refractivity contribution >= 4 is 15.7 Å². The van der Waals surface area contributed by atoms with E-state index in [1.54, 1.807) is 37.3 Å². The van der Waals surface area contributed by atoms with Crippen LogP contribution < -0.4 is 10.3 Å². The quantitative estimate of drug-likeness (QED) is 0.801. The third-order valence-electron chi connectivity index (χ3n) is 3.40. The lowest BCUT2D eigenvalue weighted by atomic mass is 10.2. The molecule has 2 rings (SSSR count). The number of aromatic nitrogens is 1. The summed E-state index contributed by atoms with van der Waals surface area (Å²) in [5.41, 5.74) is 0.974. The second kappa shape index (κ2) is 7.43. The van der Waals surface area contributed by atoms with E-state index in [2.05, 4.69) is 4.72 Å². The summed E-state index contributed by atoms with van der Waals surface area (Å²) >= 11 is 0. The highest BCUT2D eigenvalue weighted by Gasteiger charge is 2.15. The number of nitrogens with zero attached hydrogens (tertiary/aromatic N) is 1. The number of rotatable bonds is 7. The SMILES string of the molecule is Cc1ccc(NS(=O)(=O)Cc2ccccc2)c(=O)n1CCCO. The molecule has 0 amide bonds. The van der Waals surface area contributed by atoms with E-state index < -0.39 is 15.6 Å². The number of hydrogen-bond donors (Lipinski definition) is 2. The van der Waals surface area contributed by atoms with E-state index in [0.29, 0.717) is 18.5 Å². The largest absolute Gasteiger partial charge is 0.396 e. The van der Waals surface area contributed by atoms with Gasteiger partial charge >= 0.3 is 0 Å². The first-order chi connectivity index (χ1) is 10.9. The topological polar surface area (TPSA) is 88.4 Å². The summed E-state index contributed by atoms with van der Waals surface area (Å²) in [6.45, 7) is 2.08. The lowest BCUT2D eigenvalue weighted by molar-refractivity contribution is 0.278. The van der Waals surface area contributed by atoms with E-state index in [4.69, 9.17) is 5.11 Å². The second-order valence-electron chi connectivity index (χ2n) is 5.27. The Morgan fingerprint density at radius 2 is 1.83 bits per heavy atom. The second-order valence-corrected chi connectivity index (χ2v) is 6.99. The molecule has 0 saturated carbocycles. The smallest absolute Gasteiger partial charge is 0.275 e. The monoisotopic (exact) mass is 336 g/mol. The number of nitrogens with one attached hydrogen (secondary N) is 1. The fourth-order valence-electron chi connectivity index (χ4n) is 2.25. The molecule has 0 atom stereocenters. The summed E-state index contributed by atoms with van der Waals surface area (Å²) in [6.07, 6.45) is 0.432. The van der Waals surface area contributed by atoms with Gasteiger partial charge in [0.05, 0.1) is 5.75 Å². The average Bonchev–Trinajstić information content (AvgIpc) is 2.50. The van der Waals surface area contributed by atoms with Gasteiger partial charge in [0.15, 0.2) is 0 Å². The third kappa shape index (κ3) is 4.67. The zero-order valence-corrected chi connectivity index (χ0v) is 13.7. The van der Waals surface area contributed by atoms with Gasteiger partial charge in [-0.25, -0.2) is 8.42 Å². The molecule has 124 valence electrons. The Hall–Kier alpha value is -2.12. The minimum absolute atomic E-state index is 0.0180. The third-order valence-corrected chi connectivity index (χ3v) is 4.64. The van der Waals surface area contributed by atoms with Crippen molar-refractivity contribution in [3.8, 4) is 0 Å². The van der Waals surface area contributed by atoms with Crippen molar-refractivity contribution in [2.24, 2.45) is 0 Å². The lowest BCUT2D eigenvalue weighted by Gasteiger charge is -2.13. The van der Waals surface area contributed by atoms with Gasteiger partial charge in [-0.15, -0.1) is 0 Å². The van der Waals surface area contributed by atoms with Crippen molar-refractivity contribution in [2.75, 3.05) is 11.3 Å². The highest BCUT2D eigenvalue weighted by molar-refractivity contribution is 7.91. The van der Waals surface area contributed by atoms with Gasteiger partial charge in [-0.05, 0) is 31.0 Å². The number of aryl methyl sites for hydroxylation is 1. The number of hydrogen-bond acceptors (Lipinski definition) is 4. The normalized spacial score (nSPS) is 11.4. The van der Waals surface area contributed by atoms with Crippen LogP contribution in [0.2, 0.25) is 0 Å². The van der Waals surface area contributed by atoms with Crippen LogP contribution >= 0.6 is 0 Å². The number of pyridine rings is 1.